The minimum absolute atomic E-state index is 0.0579. The van der Waals surface area contributed by atoms with Crippen LogP contribution in [0.15, 0.2) is 59.8 Å². The first-order chi connectivity index (χ1) is 20.2. The van der Waals surface area contributed by atoms with E-state index in [1.807, 2.05) is 0 Å². The minimum Gasteiger partial charge on any atom is -0.327 e. The fourth-order valence-corrected chi connectivity index (χ4v) is 4.77. The van der Waals surface area contributed by atoms with Crippen LogP contribution in [0.25, 0.3) is 0 Å². The van der Waals surface area contributed by atoms with Gasteiger partial charge in [0, 0.05) is 19.5 Å². The maximum absolute atomic E-state index is 14.8. The van der Waals surface area contributed by atoms with Gasteiger partial charge >= 0.3 is 12.1 Å². The summed E-state index contributed by atoms with van der Waals surface area (Å²) in [5.74, 6) is -6.77. The van der Waals surface area contributed by atoms with Crippen LogP contribution in [0.1, 0.15) is 41.4 Å². The number of carbonyl (C=O) groups is 4. The molecule has 0 saturated carbocycles. The van der Waals surface area contributed by atoms with Crippen LogP contribution < -0.4 is 5.43 Å². The van der Waals surface area contributed by atoms with E-state index >= 15 is 0 Å². The topological polar surface area (TPSA) is 99.3 Å². The molecule has 1 saturated heterocycles. The smallest absolute Gasteiger partial charge is 0.327 e. The van der Waals surface area contributed by atoms with Crippen LogP contribution in [0.3, 0.4) is 0 Å². The van der Waals surface area contributed by atoms with Gasteiger partial charge in [-0.1, -0.05) is 36.4 Å². The van der Waals surface area contributed by atoms with E-state index in [-0.39, 0.29) is 41.9 Å². The van der Waals surface area contributed by atoms with Crippen LogP contribution in [0.5, 0.6) is 0 Å². The average Bonchev–Trinajstić information content (AvgIpc) is 2.95. The van der Waals surface area contributed by atoms with Gasteiger partial charge in [0.15, 0.2) is 0 Å². The largest absolute Gasteiger partial charge is 0.493 e. The first-order valence-corrected chi connectivity index (χ1v) is 13.0. The summed E-state index contributed by atoms with van der Waals surface area (Å²) < 4.78 is 81.2. The molecule has 2 aromatic carbocycles. The number of hydroxylamine groups is 1. The number of alkyl halides is 5. The lowest BCUT2D eigenvalue weighted by Crippen LogP contribution is -2.54. The van der Waals surface area contributed by atoms with Gasteiger partial charge in [-0.05, 0) is 42.7 Å². The number of rotatable bonds is 7. The number of hydrogen-bond acceptors (Lipinski definition) is 6. The summed E-state index contributed by atoms with van der Waals surface area (Å²) >= 11 is 0. The molecule has 1 fully saturated rings. The number of hydrogen-bond donors (Lipinski definition) is 1. The third-order valence-corrected chi connectivity index (χ3v) is 7.25. The predicted octanol–water partition coefficient (Wildman–Crippen LogP) is 3.94. The maximum atomic E-state index is 14.8. The van der Waals surface area contributed by atoms with Crippen molar-refractivity contribution in [3.8, 4) is 0 Å². The molecule has 2 aliphatic rings. The van der Waals surface area contributed by atoms with E-state index in [1.54, 1.807) is 18.2 Å². The van der Waals surface area contributed by atoms with E-state index in [1.165, 1.54) is 32.0 Å². The second-order valence-electron chi connectivity index (χ2n) is 9.99. The molecule has 230 valence electrons. The van der Waals surface area contributed by atoms with E-state index in [0.29, 0.717) is 5.17 Å². The minimum atomic E-state index is -5.36. The Morgan fingerprint density at radius 1 is 1.07 bits per heavy atom. The molecule has 1 N–H and O–H groups in total. The number of piperazine rings is 1. The van der Waals surface area contributed by atoms with Crippen LogP contribution in [0, 0.1) is 11.7 Å². The molecule has 0 bridgehead atoms. The molecule has 2 aliphatic heterocycles. The fraction of sp³-hybridized carbons (Fsp3) is 0.357. The van der Waals surface area contributed by atoms with Crippen molar-refractivity contribution >= 4 is 23.7 Å². The molecule has 9 nitrogen and oxygen atoms in total. The SMILES string of the molecule is CC1=C(Cc2ccc(F)c(C(=O)N3CCN([C@H](c4ccccc4)C(F)F)C(=O)C3)c2)N(OC(=O)C(F)(F)F)NC(=O)C1C. The lowest BCUT2D eigenvalue weighted by molar-refractivity contribution is -0.242. The lowest BCUT2D eigenvalue weighted by Gasteiger charge is -2.39. The summed E-state index contributed by atoms with van der Waals surface area (Å²) in [7, 11) is 0. The Morgan fingerprint density at radius 2 is 1.74 bits per heavy atom. The number of benzene rings is 2. The van der Waals surface area contributed by atoms with Crippen molar-refractivity contribution in [2.75, 3.05) is 19.6 Å². The highest BCUT2D eigenvalue weighted by Crippen LogP contribution is 2.31. The first kappa shape index (κ1) is 31.4. The maximum Gasteiger partial charge on any atom is 0.493 e. The van der Waals surface area contributed by atoms with Crippen molar-refractivity contribution in [2.24, 2.45) is 5.92 Å². The van der Waals surface area contributed by atoms with Gasteiger partial charge < -0.3 is 14.6 Å². The average molecular weight is 613 g/mol. The zero-order valence-electron chi connectivity index (χ0n) is 22.8. The number of allylic oxidation sites excluding steroid dienone is 1. The molecule has 2 aromatic rings. The molecule has 0 radical (unpaired) electrons. The first-order valence-electron chi connectivity index (χ1n) is 13.0. The second kappa shape index (κ2) is 12.4. The highest BCUT2D eigenvalue weighted by atomic mass is 19.4. The monoisotopic (exact) mass is 612 g/mol. The highest BCUT2D eigenvalue weighted by Gasteiger charge is 2.44. The number of amides is 3. The third-order valence-electron chi connectivity index (χ3n) is 7.25. The molecular weight excluding hydrogens is 586 g/mol. The zero-order chi connectivity index (χ0) is 31.6. The molecule has 43 heavy (non-hydrogen) atoms. The van der Waals surface area contributed by atoms with E-state index in [4.69, 9.17) is 0 Å². The van der Waals surface area contributed by atoms with Crippen molar-refractivity contribution in [3.63, 3.8) is 0 Å². The van der Waals surface area contributed by atoms with E-state index in [0.717, 1.165) is 21.9 Å². The number of nitrogens with one attached hydrogen (secondary N) is 1. The van der Waals surface area contributed by atoms with Crippen LogP contribution in [-0.2, 0) is 25.6 Å². The zero-order valence-corrected chi connectivity index (χ0v) is 22.8. The number of hydrazine groups is 1. The lowest BCUT2D eigenvalue weighted by atomic mass is 9.94. The summed E-state index contributed by atoms with van der Waals surface area (Å²) in [4.78, 5) is 56.1. The Bertz CT molecular complexity index is 1450. The molecule has 1 unspecified atom stereocenters. The molecule has 0 aliphatic carbocycles. The Kier molecular flexibility index (Phi) is 9.01. The van der Waals surface area contributed by atoms with Crippen LogP contribution >= 0.6 is 0 Å². The Labute approximate surface area is 241 Å². The van der Waals surface area contributed by atoms with E-state index < -0.39 is 66.2 Å². The summed E-state index contributed by atoms with van der Waals surface area (Å²) in [5, 5.41) is 0.294. The highest BCUT2D eigenvalue weighted by molar-refractivity contribution is 5.97. The fourth-order valence-electron chi connectivity index (χ4n) is 4.77. The van der Waals surface area contributed by atoms with Crippen molar-refractivity contribution in [1.29, 1.82) is 0 Å². The molecule has 4 rings (SSSR count). The van der Waals surface area contributed by atoms with Gasteiger partial charge in [-0.15, -0.1) is 5.17 Å². The van der Waals surface area contributed by atoms with Gasteiger partial charge in [-0.3, -0.25) is 14.4 Å². The van der Waals surface area contributed by atoms with Crippen molar-refractivity contribution < 1.29 is 50.4 Å². The van der Waals surface area contributed by atoms with Gasteiger partial charge in [0.05, 0.1) is 17.2 Å². The molecule has 2 atom stereocenters. The van der Waals surface area contributed by atoms with E-state index in [2.05, 4.69) is 10.3 Å². The summed E-state index contributed by atoms with van der Waals surface area (Å²) in [6, 6.07) is 9.45. The molecule has 0 spiro atoms. The quantitative estimate of drug-likeness (QED) is 0.476. The van der Waals surface area contributed by atoms with Crippen molar-refractivity contribution in [2.45, 2.75) is 38.9 Å². The Hall–Kier alpha value is -4.56. The number of nitrogens with zero attached hydrogens (tertiary/aromatic N) is 3. The predicted molar refractivity (Wildman–Crippen MR) is 137 cm³/mol. The number of halogens is 6. The summed E-state index contributed by atoms with van der Waals surface area (Å²) in [5.41, 5.74) is 2.19. The normalized spacial score (nSPS) is 18.6. The van der Waals surface area contributed by atoms with E-state index in [9.17, 15) is 45.5 Å². The van der Waals surface area contributed by atoms with Gasteiger partial charge in [-0.25, -0.2) is 23.4 Å². The number of carbonyl (C=O) groups excluding carboxylic acids is 4. The van der Waals surface area contributed by atoms with Crippen LogP contribution in [0.4, 0.5) is 26.3 Å². The molecular formula is C28H26F6N4O5. The van der Waals surface area contributed by atoms with Crippen LogP contribution in [-0.4, -0.2) is 70.9 Å². The summed E-state index contributed by atoms with van der Waals surface area (Å²) in [6.07, 6.45) is -8.55. The summed E-state index contributed by atoms with van der Waals surface area (Å²) in [6.45, 7) is 1.92. The van der Waals surface area contributed by atoms with Crippen molar-refractivity contribution in [3.05, 3.63) is 82.3 Å². The second-order valence-corrected chi connectivity index (χ2v) is 9.99. The third kappa shape index (κ3) is 6.75. The molecule has 3 amide bonds. The van der Waals surface area contributed by atoms with Gasteiger partial charge in [0.2, 0.25) is 11.8 Å². The van der Waals surface area contributed by atoms with Gasteiger partial charge in [-0.2, -0.15) is 13.2 Å². The molecule has 15 heteroatoms. The van der Waals surface area contributed by atoms with Gasteiger partial charge in [0.25, 0.3) is 12.3 Å². The Morgan fingerprint density at radius 3 is 2.35 bits per heavy atom. The Balaban J connectivity index is 1.54. The molecule has 0 aromatic heterocycles. The van der Waals surface area contributed by atoms with Crippen LogP contribution in [0.2, 0.25) is 0 Å². The van der Waals surface area contributed by atoms with Crippen molar-refractivity contribution in [1.82, 2.24) is 20.4 Å². The van der Waals surface area contributed by atoms with Gasteiger partial charge in [0.1, 0.15) is 18.4 Å². The standard InChI is InChI=1S/C28H26F6N4O5/c1-15-16(2)25(40)35-38(43-27(42)28(32,33)34)21(15)13-17-8-9-20(29)19(12-17)26(41)36-10-11-37(22(39)14-36)23(24(30)31)18-6-4-3-5-7-18/h3-9,12,16,23-24H,10-11,13-14H2,1-2H3,(H,35,40)/t16?,23-/m1/s1. The molecule has 2 heterocycles.